The fourth-order valence-corrected chi connectivity index (χ4v) is 2.98. The van der Waals surface area contributed by atoms with Crippen LogP contribution in [-0.2, 0) is 11.2 Å². The summed E-state index contributed by atoms with van der Waals surface area (Å²) in [6.07, 6.45) is 22.7. The zero-order chi connectivity index (χ0) is 19.4. The first-order valence-electron chi connectivity index (χ1n) is 10.9. The Morgan fingerprint density at radius 1 is 0.815 bits per heavy atom. The van der Waals surface area contributed by atoms with Crippen molar-refractivity contribution < 1.29 is 9.47 Å². The van der Waals surface area contributed by atoms with Gasteiger partial charge in [0.1, 0.15) is 5.75 Å². The molecule has 0 aromatic heterocycles. The second-order valence-corrected chi connectivity index (χ2v) is 7.12. The Hall–Kier alpha value is -1.54. The molecule has 0 saturated heterocycles. The van der Waals surface area contributed by atoms with E-state index in [9.17, 15) is 0 Å². The highest BCUT2D eigenvalue weighted by molar-refractivity contribution is 5.28. The van der Waals surface area contributed by atoms with Crippen molar-refractivity contribution in [2.75, 3.05) is 20.3 Å². The third-order valence-corrected chi connectivity index (χ3v) is 4.56. The molecule has 27 heavy (non-hydrogen) atoms. The first kappa shape index (κ1) is 23.5. The first-order chi connectivity index (χ1) is 13.4. The van der Waals surface area contributed by atoms with E-state index in [0.717, 1.165) is 38.2 Å². The normalized spacial score (nSPS) is 11.6. The molecule has 0 aliphatic heterocycles. The van der Waals surface area contributed by atoms with Gasteiger partial charge in [-0.25, -0.2) is 0 Å². The smallest absolute Gasteiger partial charge is 0.119 e. The zero-order valence-corrected chi connectivity index (χ0v) is 17.6. The molecule has 2 nitrogen and oxygen atoms in total. The predicted octanol–water partition coefficient (Wildman–Crippen LogP) is 7.29. The van der Waals surface area contributed by atoms with Crippen molar-refractivity contribution in [3.05, 3.63) is 54.1 Å². The average Bonchev–Trinajstić information content (AvgIpc) is 2.69. The average molecular weight is 373 g/mol. The van der Waals surface area contributed by atoms with E-state index < -0.39 is 0 Å². The lowest BCUT2D eigenvalue weighted by atomic mass is 10.0. The highest BCUT2D eigenvalue weighted by Crippen LogP contribution is 2.16. The Kier molecular flexibility index (Phi) is 15.5. The van der Waals surface area contributed by atoms with Gasteiger partial charge >= 0.3 is 0 Å². The number of ether oxygens (including phenoxy) is 2. The van der Waals surface area contributed by atoms with Crippen LogP contribution in [-0.4, -0.2) is 20.3 Å². The molecular formula is C25H40O2. The standard InChI is InChI=1S/C25H40O2/c1-3-4-5-6-7-8-9-10-11-12-13-14-15-18-24-19-16-20-25(23-24)27-22-17-21-26-2/h5-6,8-9,16,19-20,23H,3-4,7,10-15,17-18,21-22H2,1-2H3/b6-5+,9-8+. The van der Waals surface area contributed by atoms with E-state index in [0.29, 0.717) is 0 Å². The highest BCUT2D eigenvalue weighted by atomic mass is 16.5. The summed E-state index contributed by atoms with van der Waals surface area (Å²) in [5.41, 5.74) is 1.39. The maximum atomic E-state index is 5.78. The molecule has 1 aromatic carbocycles. The third-order valence-electron chi connectivity index (χ3n) is 4.56. The van der Waals surface area contributed by atoms with Crippen molar-refractivity contribution in [3.63, 3.8) is 0 Å². The SMILES string of the molecule is CCC/C=C/C/C=C/CCCCCCCc1cccc(OCCCOC)c1. The number of allylic oxidation sites excluding steroid dienone is 4. The van der Waals surface area contributed by atoms with Crippen molar-refractivity contribution in [1.82, 2.24) is 0 Å². The van der Waals surface area contributed by atoms with Gasteiger partial charge < -0.3 is 9.47 Å². The molecule has 0 heterocycles. The van der Waals surface area contributed by atoms with Gasteiger partial charge in [0.2, 0.25) is 0 Å². The van der Waals surface area contributed by atoms with Crippen LogP contribution >= 0.6 is 0 Å². The molecule has 2 heteroatoms. The van der Waals surface area contributed by atoms with Crippen LogP contribution < -0.4 is 4.74 Å². The van der Waals surface area contributed by atoms with Crippen molar-refractivity contribution in [2.45, 2.75) is 77.6 Å². The van der Waals surface area contributed by atoms with E-state index in [-0.39, 0.29) is 0 Å². The van der Waals surface area contributed by atoms with Gasteiger partial charge in [0.15, 0.2) is 0 Å². The van der Waals surface area contributed by atoms with Crippen LogP contribution in [0.25, 0.3) is 0 Å². The second kappa shape index (κ2) is 17.9. The van der Waals surface area contributed by atoms with Crippen LogP contribution in [0.4, 0.5) is 0 Å². The second-order valence-electron chi connectivity index (χ2n) is 7.12. The van der Waals surface area contributed by atoms with Gasteiger partial charge in [0.25, 0.3) is 0 Å². The minimum absolute atomic E-state index is 0.723. The van der Waals surface area contributed by atoms with Crippen LogP contribution in [0.15, 0.2) is 48.6 Å². The lowest BCUT2D eigenvalue weighted by Gasteiger charge is -2.08. The number of benzene rings is 1. The van der Waals surface area contributed by atoms with Gasteiger partial charge in [-0.2, -0.15) is 0 Å². The lowest BCUT2D eigenvalue weighted by molar-refractivity contribution is 0.172. The largest absolute Gasteiger partial charge is 0.493 e. The Balaban J connectivity index is 2.01. The lowest BCUT2D eigenvalue weighted by Crippen LogP contribution is -2.01. The molecular weight excluding hydrogens is 332 g/mol. The number of hydrogen-bond donors (Lipinski definition) is 0. The van der Waals surface area contributed by atoms with Crippen molar-refractivity contribution in [2.24, 2.45) is 0 Å². The molecule has 1 rings (SSSR count). The molecule has 1 aromatic rings. The molecule has 0 atom stereocenters. The van der Waals surface area contributed by atoms with Crippen LogP contribution in [0.3, 0.4) is 0 Å². The molecule has 0 saturated carbocycles. The van der Waals surface area contributed by atoms with E-state index in [1.807, 2.05) is 6.07 Å². The van der Waals surface area contributed by atoms with E-state index in [2.05, 4.69) is 49.4 Å². The summed E-state index contributed by atoms with van der Waals surface area (Å²) < 4.78 is 10.8. The van der Waals surface area contributed by atoms with Crippen LogP contribution in [0.1, 0.15) is 76.7 Å². The molecule has 152 valence electrons. The number of unbranched alkanes of at least 4 members (excludes halogenated alkanes) is 6. The van der Waals surface area contributed by atoms with Crippen LogP contribution in [0, 0.1) is 0 Å². The fourth-order valence-electron chi connectivity index (χ4n) is 2.98. The van der Waals surface area contributed by atoms with Crippen LogP contribution in [0.2, 0.25) is 0 Å². The summed E-state index contributed by atoms with van der Waals surface area (Å²) in [6, 6.07) is 8.54. The molecule has 0 aliphatic rings. The molecule has 0 aliphatic carbocycles. The minimum Gasteiger partial charge on any atom is -0.493 e. The monoisotopic (exact) mass is 372 g/mol. The van der Waals surface area contributed by atoms with Gasteiger partial charge in [0, 0.05) is 20.1 Å². The number of rotatable bonds is 17. The molecule has 0 N–H and O–H groups in total. The van der Waals surface area contributed by atoms with Gasteiger partial charge in [-0.1, -0.05) is 69.0 Å². The van der Waals surface area contributed by atoms with Crippen molar-refractivity contribution in [3.8, 4) is 5.75 Å². The summed E-state index contributed by atoms with van der Waals surface area (Å²) in [5, 5.41) is 0. The topological polar surface area (TPSA) is 18.5 Å². The Bertz CT molecular complexity index is 505. The Morgan fingerprint density at radius 2 is 1.59 bits per heavy atom. The number of hydrogen-bond acceptors (Lipinski definition) is 2. The first-order valence-corrected chi connectivity index (χ1v) is 10.9. The van der Waals surface area contributed by atoms with Gasteiger partial charge in [0.05, 0.1) is 6.61 Å². The van der Waals surface area contributed by atoms with E-state index >= 15 is 0 Å². The van der Waals surface area contributed by atoms with E-state index in [1.165, 1.54) is 56.9 Å². The zero-order valence-electron chi connectivity index (χ0n) is 17.6. The van der Waals surface area contributed by atoms with Gasteiger partial charge in [-0.3, -0.25) is 0 Å². The third kappa shape index (κ3) is 14.2. The molecule has 0 spiro atoms. The van der Waals surface area contributed by atoms with E-state index in [1.54, 1.807) is 7.11 Å². The summed E-state index contributed by atoms with van der Waals surface area (Å²) in [6.45, 7) is 3.70. The Morgan fingerprint density at radius 3 is 2.41 bits per heavy atom. The maximum absolute atomic E-state index is 5.78. The summed E-state index contributed by atoms with van der Waals surface area (Å²) in [7, 11) is 1.73. The summed E-state index contributed by atoms with van der Waals surface area (Å²) >= 11 is 0. The summed E-state index contributed by atoms with van der Waals surface area (Å²) in [4.78, 5) is 0. The quantitative estimate of drug-likeness (QED) is 0.211. The number of methoxy groups -OCH3 is 1. The highest BCUT2D eigenvalue weighted by Gasteiger charge is 1.98. The molecule has 0 bridgehead atoms. The molecule has 0 radical (unpaired) electrons. The summed E-state index contributed by atoms with van der Waals surface area (Å²) in [5.74, 6) is 0.986. The van der Waals surface area contributed by atoms with Gasteiger partial charge in [-0.05, 0) is 56.2 Å². The van der Waals surface area contributed by atoms with Crippen molar-refractivity contribution >= 4 is 0 Å². The van der Waals surface area contributed by atoms with Gasteiger partial charge in [-0.15, -0.1) is 0 Å². The molecule has 0 fully saturated rings. The molecule has 0 unspecified atom stereocenters. The van der Waals surface area contributed by atoms with Crippen molar-refractivity contribution in [1.29, 1.82) is 0 Å². The Labute approximate surface area is 167 Å². The predicted molar refractivity (Wildman–Crippen MR) is 118 cm³/mol. The fraction of sp³-hybridized carbons (Fsp3) is 0.600. The van der Waals surface area contributed by atoms with Crippen LogP contribution in [0.5, 0.6) is 5.75 Å². The molecule has 0 amide bonds. The number of aryl methyl sites for hydroxylation is 1. The minimum atomic E-state index is 0.723. The maximum Gasteiger partial charge on any atom is 0.119 e. The van der Waals surface area contributed by atoms with E-state index in [4.69, 9.17) is 9.47 Å².